The molecule has 0 saturated carbocycles. The van der Waals surface area contributed by atoms with Crippen LogP contribution in [0.5, 0.6) is 0 Å². The lowest BCUT2D eigenvalue weighted by Gasteiger charge is -2.35. The van der Waals surface area contributed by atoms with E-state index in [9.17, 15) is 17.6 Å². The van der Waals surface area contributed by atoms with Gasteiger partial charge in [-0.1, -0.05) is 12.1 Å². The zero-order valence-electron chi connectivity index (χ0n) is 11.4. The van der Waals surface area contributed by atoms with E-state index in [0.717, 1.165) is 0 Å². The molecule has 0 unspecified atom stereocenters. The number of alkyl halides is 3. The first-order valence-electron chi connectivity index (χ1n) is 6.84. The van der Waals surface area contributed by atoms with Crippen LogP contribution in [0.4, 0.5) is 17.6 Å². The molecule has 1 fully saturated rings. The summed E-state index contributed by atoms with van der Waals surface area (Å²) in [5.74, 6) is -0.469. The molecule has 2 rings (SSSR count). The maximum atomic E-state index is 14.3. The fraction of sp³-hybridized carbons (Fsp3) is 0.571. The van der Waals surface area contributed by atoms with E-state index in [-0.39, 0.29) is 10.9 Å². The minimum atomic E-state index is -4.23. The van der Waals surface area contributed by atoms with Crippen molar-refractivity contribution >= 4 is 15.9 Å². The average Bonchev–Trinajstić information content (AvgIpc) is 2.43. The smallest absolute Gasteiger partial charge is 0.314 e. The van der Waals surface area contributed by atoms with Crippen LogP contribution in [0.2, 0.25) is 0 Å². The molecule has 1 aromatic carbocycles. The second-order valence-electron chi connectivity index (χ2n) is 5.10. The lowest BCUT2D eigenvalue weighted by atomic mass is 9.98. The first kappa shape index (κ1) is 16.7. The largest absolute Gasteiger partial charge is 0.389 e. The summed E-state index contributed by atoms with van der Waals surface area (Å²) in [7, 11) is 0. The average molecular weight is 369 g/mol. The standard InChI is InChI=1S/C14H17BrF4N2/c15-11-3-1-2-10(13(11)16)12(4-5-14(17,18)19)21-8-6-20-7-9-21/h1-3,12,20H,4-9H2/t12-/m1/s1. The Morgan fingerprint density at radius 2 is 1.90 bits per heavy atom. The van der Waals surface area contributed by atoms with E-state index < -0.39 is 24.5 Å². The highest BCUT2D eigenvalue weighted by atomic mass is 79.9. The number of nitrogens with zero attached hydrogens (tertiary/aromatic N) is 1. The molecule has 7 heteroatoms. The van der Waals surface area contributed by atoms with E-state index >= 15 is 0 Å². The first-order valence-corrected chi connectivity index (χ1v) is 7.63. The SMILES string of the molecule is Fc1c(Br)cccc1[C@@H](CCC(F)(F)F)N1CCNCC1. The van der Waals surface area contributed by atoms with Crippen LogP contribution >= 0.6 is 15.9 Å². The van der Waals surface area contributed by atoms with E-state index in [2.05, 4.69) is 21.2 Å². The van der Waals surface area contributed by atoms with Gasteiger partial charge in [-0.2, -0.15) is 13.2 Å². The summed E-state index contributed by atoms with van der Waals surface area (Å²) in [4.78, 5) is 1.92. The van der Waals surface area contributed by atoms with Gasteiger partial charge in [0.05, 0.1) is 4.47 Å². The summed E-state index contributed by atoms with van der Waals surface area (Å²) < 4.78 is 52.2. The van der Waals surface area contributed by atoms with Crippen LogP contribution < -0.4 is 5.32 Å². The molecule has 1 aliphatic heterocycles. The maximum Gasteiger partial charge on any atom is 0.389 e. The number of nitrogens with one attached hydrogen (secondary N) is 1. The molecule has 0 amide bonds. The van der Waals surface area contributed by atoms with Crippen LogP contribution in [-0.2, 0) is 0 Å². The van der Waals surface area contributed by atoms with Crippen molar-refractivity contribution in [1.29, 1.82) is 0 Å². The van der Waals surface area contributed by atoms with Gasteiger partial charge in [0.25, 0.3) is 0 Å². The van der Waals surface area contributed by atoms with Crippen LogP contribution in [-0.4, -0.2) is 37.3 Å². The summed E-state index contributed by atoms with van der Waals surface area (Å²) in [5.41, 5.74) is 0.329. The summed E-state index contributed by atoms with van der Waals surface area (Å²) in [5, 5.41) is 3.15. The Bertz CT molecular complexity index is 473. The predicted molar refractivity (Wildman–Crippen MR) is 76.6 cm³/mol. The van der Waals surface area contributed by atoms with Crippen molar-refractivity contribution in [1.82, 2.24) is 10.2 Å². The molecule has 1 aliphatic rings. The molecule has 0 aliphatic carbocycles. The molecule has 1 saturated heterocycles. The van der Waals surface area contributed by atoms with Crippen molar-refractivity contribution < 1.29 is 17.6 Å². The fourth-order valence-corrected chi connectivity index (χ4v) is 2.99. The van der Waals surface area contributed by atoms with Crippen molar-refractivity contribution in [3.8, 4) is 0 Å². The molecule has 0 spiro atoms. The number of hydrogen-bond acceptors (Lipinski definition) is 2. The van der Waals surface area contributed by atoms with Gasteiger partial charge in [0.1, 0.15) is 5.82 Å². The van der Waals surface area contributed by atoms with Gasteiger partial charge in [-0.05, 0) is 28.4 Å². The topological polar surface area (TPSA) is 15.3 Å². The highest BCUT2D eigenvalue weighted by molar-refractivity contribution is 9.10. The lowest BCUT2D eigenvalue weighted by molar-refractivity contribution is -0.138. The molecule has 1 aromatic rings. The minimum absolute atomic E-state index is 0.128. The van der Waals surface area contributed by atoms with E-state index in [4.69, 9.17) is 0 Å². The molecule has 1 heterocycles. The van der Waals surface area contributed by atoms with Crippen LogP contribution in [0, 0.1) is 5.82 Å². The summed E-state index contributed by atoms with van der Waals surface area (Å²) in [6, 6.07) is 4.23. The van der Waals surface area contributed by atoms with Gasteiger partial charge in [-0.3, -0.25) is 4.90 Å². The second kappa shape index (κ2) is 7.07. The Hall–Kier alpha value is -0.660. The lowest BCUT2D eigenvalue weighted by Crippen LogP contribution is -2.45. The van der Waals surface area contributed by atoms with Crippen LogP contribution in [0.3, 0.4) is 0 Å². The Morgan fingerprint density at radius 1 is 1.24 bits per heavy atom. The van der Waals surface area contributed by atoms with Gasteiger partial charge in [0, 0.05) is 44.2 Å². The number of hydrogen-bond donors (Lipinski definition) is 1. The number of benzene rings is 1. The van der Waals surface area contributed by atoms with Gasteiger partial charge in [-0.25, -0.2) is 4.39 Å². The van der Waals surface area contributed by atoms with Crippen molar-refractivity contribution in [2.75, 3.05) is 26.2 Å². The van der Waals surface area contributed by atoms with Gasteiger partial charge in [0.2, 0.25) is 0 Å². The van der Waals surface area contributed by atoms with E-state index in [1.807, 2.05) is 4.90 Å². The molecule has 21 heavy (non-hydrogen) atoms. The van der Waals surface area contributed by atoms with Crippen LogP contribution in [0.1, 0.15) is 24.4 Å². The fourth-order valence-electron chi connectivity index (χ4n) is 2.61. The van der Waals surface area contributed by atoms with Crippen LogP contribution in [0.25, 0.3) is 0 Å². The Labute approximate surface area is 129 Å². The Kier molecular flexibility index (Phi) is 5.62. The third kappa shape index (κ3) is 4.66. The third-order valence-electron chi connectivity index (χ3n) is 3.63. The van der Waals surface area contributed by atoms with E-state index in [1.54, 1.807) is 18.2 Å². The quantitative estimate of drug-likeness (QED) is 0.811. The van der Waals surface area contributed by atoms with Crippen LogP contribution in [0.15, 0.2) is 22.7 Å². The molecule has 0 aromatic heterocycles. The number of rotatable bonds is 4. The highest BCUT2D eigenvalue weighted by Crippen LogP contribution is 2.34. The van der Waals surface area contributed by atoms with Crippen molar-refractivity contribution in [2.24, 2.45) is 0 Å². The second-order valence-corrected chi connectivity index (χ2v) is 5.95. The van der Waals surface area contributed by atoms with Gasteiger partial charge >= 0.3 is 6.18 Å². The molecule has 0 radical (unpaired) electrons. The zero-order chi connectivity index (χ0) is 15.5. The molecular formula is C14H17BrF4N2. The molecule has 1 atom stereocenters. The zero-order valence-corrected chi connectivity index (χ0v) is 13.0. The third-order valence-corrected chi connectivity index (χ3v) is 4.25. The molecule has 0 bridgehead atoms. The van der Waals surface area contributed by atoms with Crippen molar-refractivity contribution in [3.63, 3.8) is 0 Å². The molecule has 2 nitrogen and oxygen atoms in total. The molecule has 1 N–H and O–H groups in total. The summed E-state index contributed by atoms with van der Waals surface area (Å²) >= 11 is 3.10. The van der Waals surface area contributed by atoms with Gasteiger partial charge < -0.3 is 5.32 Å². The normalized spacial score (nSPS) is 18.7. The summed E-state index contributed by atoms with van der Waals surface area (Å²) in [6.07, 6.45) is -5.26. The van der Waals surface area contributed by atoms with E-state index in [0.29, 0.717) is 31.7 Å². The first-order chi connectivity index (χ1) is 9.88. The minimum Gasteiger partial charge on any atom is -0.314 e. The maximum absolute atomic E-state index is 14.3. The Morgan fingerprint density at radius 3 is 2.52 bits per heavy atom. The van der Waals surface area contributed by atoms with E-state index in [1.165, 1.54) is 0 Å². The van der Waals surface area contributed by atoms with Gasteiger partial charge in [-0.15, -0.1) is 0 Å². The number of piperazine rings is 1. The van der Waals surface area contributed by atoms with Crippen molar-refractivity contribution in [2.45, 2.75) is 25.1 Å². The monoisotopic (exact) mass is 368 g/mol. The molecule has 118 valence electrons. The predicted octanol–water partition coefficient (Wildman–Crippen LogP) is 3.88. The van der Waals surface area contributed by atoms with Gasteiger partial charge in [0.15, 0.2) is 0 Å². The molecular weight excluding hydrogens is 352 g/mol. The highest BCUT2D eigenvalue weighted by Gasteiger charge is 2.32. The Balaban J connectivity index is 2.23. The summed E-state index contributed by atoms with van der Waals surface area (Å²) in [6.45, 7) is 2.65. The number of halogens is 5. The van der Waals surface area contributed by atoms with Crippen molar-refractivity contribution in [3.05, 3.63) is 34.1 Å².